The van der Waals surface area contributed by atoms with Crippen molar-refractivity contribution in [1.29, 1.82) is 0 Å². The van der Waals surface area contributed by atoms with E-state index in [2.05, 4.69) is 27.2 Å². The molecule has 2 saturated heterocycles. The number of carbonyl (C=O) groups excluding carboxylic acids is 2. The molecule has 0 atom stereocenters. The molecule has 4 rings (SSSR count). The lowest BCUT2D eigenvalue weighted by Gasteiger charge is -2.37. The van der Waals surface area contributed by atoms with Gasteiger partial charge in [-0.05, 0) is 37.1 Å². The summed E-state index contributed by atoms with van der Waals surface area (Å²) in [6.07, 6.45) is 1.43. The van der Waals surface area contributed by atoms with Crippen molar-refractivity contribution < 1.29 is 14.3 Å². The molecule has 0 saturated carbocycles. The predicted octanol–water partition coefficient (Wildman–Crippen LogP) is 2.69. The molecule has 0 unspecified atom stereocenters. The van der Waals surface area contributed by atoms with Gasteiger partial charge < -0.3 is 19.9 Å². The van der Waals surface area contributed by atoms with Gasteiger partial charge in [0.25, 0.3) is 0 Å². The Hall–Kier alpha value is -3.06. The number of likely N-dealkylation sites (tertiary alicyclic amines) is 1. The molecule has 0 aliphatic carbocycles. The summed E-state index contributed by atoms with van der Waals surface area (Å²) < 4.78 is 5.33. The molecular formula is C25H32N4O3. The maximum Gasteiger partial charge on any atom is 0.236 e. The second-order valence-electron chi connectivity index (χ2n) is 8.48. The Morgan fingerprint density at radius 1 is 0.938 bits per heavy atom. The van der Waals surface area contributed by atoms with Gasteiger partial charge >= 0.3 is 0 Å². The number of methoxy groups -OCH3 is 1. The summed E-state index contributed by atoms with van der Waals surface area (Å²) in [5, 5.41) is 2.98. The van der Waals surface area contributed by atoms with Gasteiger partial charge in [0.1, 0.15) is 5.75 Å². The molecule has 2 aromatic carbocycles. The van der Waals surface area contributed by atoms with Gasteiger partial charge in [-0.25, -0.2) is 0 Å². The van der Waals surface area contributed by atoms with Crippen molar-refractivity contribution in [3.8, 4) is 5.75 Å². The Morgan fingerprint density at radius 3 is 2.34 bits per heavy atom. The van der Waals surface area contributed by atoms with Gasteiger partial charge in [0.05, 0.1) is 13.7 Å². The van der Waals surface area contributed by atoms with Gasteiger partial charge in [-0.3, -0.25) is 14.5 Å². The van der Waals surface area contributed by atoms with Crippen molar-refractivity contribution in [1.82, 2.24) is 9.80 Å². The summed E-state index contributed by atoms with van der Waals surface area (Å²) in [5.74, 6) is 1.05. The maximum atomic E-state index is 12.8. The van der Waals surface area contributed by atoms with Crippen LogP contribution in [0.25, 0.3) is 0 Å². The Kier molecular flexibility index (Phi) is 7.27. The fraction of sp³-hybridized carbons (Fsp3) is 0.440. The van der Waals surface area contributed by atoms with Gasteiger partial charge in [0.15, 0.2) is 0 Å². The lowest BCUT2D eigenvalue weighted by Crippen LogP contribution is -2.51. The van der Waals surface area contributed by atoms with Crippen LogP contribution in [0.3, 0.4) is 0 Å². The van der Waals surface area contributed by atoms with Crippen LogP contribution < -0.4 is 15.0 Å². The van der Waals surface area contributed by atoms with E-state index in [9.17, 15) is 9.59 Å². The summed E-state index contributed by atoms with van der Waals surface area (Å²) in [6.45, 7) is 5.25. The quantitative estimate of drug-likeness (QED) is 0.754. The Balaban J connectivity index is 1.20. The van der Waals surface area contributed by atoms with Crippen LogP contribution in [-0.2, 0) is 9.59 Å². The van der Waals surface area contributed by atoms with Gasteiger partial charge in [-0.1, -0.05) is 24.3 Å². The number of hydrogen-bond acceptors (Lipinski definition) is 5. The second-order valence-corrected chi connectivity index (χ2v) is 8.48. The largest absolute Gasteiger partial charge is 0.497 e. The van der Waals surface area contributed by atoms with Crippen LogP contribution in [-0.4, -0.2) is 74.5 Å². The summed E-state index contributed by atoms with van der Waals surface area (Å²) >= 11 is 0. The number of ether oxygens (including phenoxy) is 1. The van der Waals surface area contributed by atoms with Crippen molar-refractivity contribution in [3.05, 3.63) is 54.6 Å². The smallest absolute Gasteiger partial charge is 0.236 e. The predicted molar refractivity (Wildman–Crippen MR) is 126 cm³/mol. The molecule has 0 spiro atoms. The first-order valence-electron chi connectivity index (χ1n) is 11.4. The van der Waals surface area contributed by atoms with E-state index in [0.717, 1.165) is 43.3 Å². The molecule has 170 valence electrons. The average Bonchev–Trinajstić information content (AvgIpc) is 2.85. The summed E-state index contributed by atoms with van der Waals surface area (Å²) in [6, 6.07) is 17.6. The number of piperazine rings is 1. The minimum absolute atomic E-state index is 0.0364. The highest BCUT2D eigenvalue weighted by molar-refractivity contribution is 5.92. The van der Waals surface area contributed by atoms with Crippen molar-refractivity contribution in [2.75, 3.05) is 63.1 Å². The van der Waals surface area contributed by atoms with E-state index in [1.165, 1.54) is 0 Å². The molecule has 7 heteroatoms. The second kappa shape index (κ2) is 10.5. The first-order chi connectivity index (χ1) is 15.6. The zero-order chi connectivity index (χ0) is 22.3. The van der Waals surface area contributed by atoms with E-state index < -0.39 is 0 Å². The van der Waals surface area contributed by atoms with Gasteiger partial charge in [0.2, 0.25) is 11.8 Å². The summed E-state index contributed by atoms with van der Waals surface area (Å²) in [4.78, 5) is 31.8. The molecule has 2 amide bonds. The SMILES string of the molecule is COc1cccc(N2CCN(CC(=O)N3CCC(C(=O)Nc4ccccc4)CC3)CC2)c1. The maximum absolute atomic E-state index is 12.8. The number of anilines is 2. The molecule has 2 aliphatic rings. The molecule has 0 aromatic heterocycles. The molecule has 0 bridgehead atoms. The molecule has 2 heterocycles. The third kappa shape index (κ3) is 5.59. The fourth-order valence-corrected chi connectivity index (χ4v) is 4.42. The van der Waals surface area contributed by atoms with Crippen LogP contribution in [0.4, 0.5) is 11.4 Å². The number of hydrogen-bond donors (Lipinski definition) is 1. The van der Waals surface area contributed by atoms with Crippen LogP contribution in [0, 0.1) is 5.92 Å². The highest BCUT2D eigenvalue weighted by Crippen LogP contribution is 2.23. The summed E-state index contributed by atoms with van der Waals surface area (Å²) in [5.41, 5.74) is 1.98. The van der Waals surface area contributed by atoms with E-state index in [1.807, 2.05) is 47.4 Å². The molecule has 2 fully saturated rings. The van der Waals surface area contributed by atoms with Crippen molar-refractivity contribution >= 4 is 23.2 Å². The lowest BCUT2D eigenvalue weighted by atomic mass is 9.95. The first-order valence-corrected chi connectivity index (χ1v) is 11.4. The molecule has 0 radical (unpaired) electrons. The fourth-order valence-electron chi connectivity index (χ4n) is 4.42. The zero-order valence-corrected chi connectivity index (χ0v) is 18.7. The number of nitrogens with one attached hydrogen (secondary N) is 1. The molecule has 2 aliphatic heterocycles. The number of piperidine rings is 1. The average molecular weight is 437 g/mol. The van der Waals surface area contributed by atoms with E-state index in [1.54, 1.807) is 7.11 Å². The van der Waals surface area contributed by atoms with E-state index in [-0.39, 0.29) is 17.7 Å². The van der Waals surface area contributed by atoms with Crippen LogP contribution in [0.5, 0.6) is 5.75 Å². The van der Waals surface area contributed by atoms with Gasteiger partial charge in [0, 0.05) is 62.6 Å². The number of para-hydroxylation sites is 1. The molecular weight excluding hydrogens is 404 g/mol. The van der Waals surface area contributed by atoms with E-state index in [4.69, 9.17) is 4.74 Å². The van der Waals surface area contributed by atoms with E-state index >= 15 is 0 Å². The monoisotopic (exact) mass is 436 g/mol. The molecule has 1 N–H and O–H groups in total. The zero-order valence-electron chi connectivity index (χ0n) is 18.7. The number of carbonyl (C=O) groups is 2. The number of nitrogens with zero attached hydrogens (tertiary/aromatic N) is 3. The minimum Gasteiger partial charge on any atom is -0.497 e. The topological polar surface area (TPSA) is 65.1 Å². The highest BCUT2D eigenvalue weighted by atomic mass is 16.5. The highest BCUT2D eigenvalue weighted by Gasteiger charge is 2.29. The third-order valence-corrected chi connectivity index (χ3v) is 6.41. The summed E-state index contributed by atoms with van der Waals surface area (Å²) in [7, 11) is 1.68. The molecule has 2 aromatic rings. The number of rotatable bonds is 6. The van der Waals surface area contributed by atoms with Crippen LogP contribution in [0.15, 0.2) is 54.6 Å². The van der Waals surface area contributed by atoms with Crippen LogP contribution in [0.1, 0.15) is 12.8 Å². The van der Waals surface area contributed by atoms with Crippen molar-refractivity contribution in [2.24, 2.45) is 5.92 Å². The van der Waals surface area contributed by atoms with Gasteiger partial charge in [-0.2, -0.15) is 0 Å². The number of amides is 2. The van der Waals surface area contributed by atoms with Crippen LogP contribution >= 0.6 is 0 Å². The number of benzene rings is 2. The minimum atomic E-state index is -0.0364. The lowest BCUT2D eigenvalue weighted by molar-refractivity contribution is -0.135. The Bertz CT molecular complexity index is 904. The molecule has 32 heavy (non-hydrogen) atoms. The van der Waals surface area contributed by atoms with E-state index in [0.29, 0.717) is 32.5 Å². The Labute approximate surface area is 189 Å². The van der Waals surface area contributed by atoms with Crippen LogP contribution in [0.2, 0.25) is 0 Å². The van der Waals surface area contributed by atoms with Crippen molar-refractivity contribution in [3.63, 3.8) is 0 Å². The Morgan fingerprint density at radius 2 is 1.66 bits per heavy atom. The molecule has 7 nitrogen and oxygen atoms in total. The van der Waals surface area contributed by atoms with Crippen molar-refractivity contribution in [2.45, 2.75) is 12.8 Å². The normalized spacial score (nSPS) is 17.8. The van der Waals surface area contributed by atoms with Gasteiger partial charge in [-0.15, -0.1) is 0 Å². The third-order valence-electron chi connectivity index (χ3n) is 6.41. The first kappa shape index (κ1) is 22.1. The standard InChI is InChI=1S/C25H32N4O3/c1-32-23-9-5-8-22(18-23)28-16-14-27(15-17-28)19-24(30)29-12-10-20(11-13-29)25(31)26-21-6-3-2-4-7-21/h2-9,18,20H,10-17,19H2,1H3,(H,26,31).